The Kier molecular flexibility index (Phi) is 3.64. The number of morpholine rings is 1. The fourth-order valence-corrected chi connectivity index (χ4v) is 3.05. The summed E-state index contributed by atoms with van der Waals surface area (Å²) >= 11 is 0. The first kappa shape index (κ1) is 12.2. The molecule has 1 aliphatic carbocycles. The smallest absolute Gasteiger partial charge is 0.0824 e. The molecule has 3 heteroatoms. The molecule has 1 aromatic carbocycles. The number of hydrogen-bond acceptors (Lipinski definition) is 3. The molecule has 3 rings (SSSR count). The van der Waals surface area contributed by atoms with Gasteiger partial charge in [-0.1, -0.05) is 18.2 Å². The van der Waals surface area contributed by atoms with Crippen LogP contribution in [-0.2, 0) is 24.1 Å². The van der Waals surface area contributed by atoms with Gasteiger partial charge in [0.05, 0.1) is 12.7 Å². The van der Waals surface area contributed by atoms with Crippen molar-refractivity contribution in [2.75, 3.05) is 26.2 Å². The van der Waals surface area contributed by atoms with E-state index in [1.165, 1.54) is 24.8 Å². The zero-order chi connectivity index (χ0) is 12.4. The minimum atomic E-state index is 0.216. The Hall–Kier alpha value is -0.900. The fourth-order valence-electron chi connectivity index (χ4n) is 3.05. The molecule has 2 N–H and O–H groups in total. The van der Waals surface area contributed by atoms with Crippen LogP contribution in [0.15, 0.2) is 18.2 Å². The predicted molar refractivity (Wildman–Crippen MR) is 72.5 cm³/mol. The maximum absolute atomic E-state index is 5.68. The fraction of sp³-hybridized carbons (Fsp3) is 0.600. The van der Waals surface area contributed by atoms with Gasteiger partial charge >= 0.3 is 0 Å². The summed E-state index contributed by atoms with van der Waals surface area (Å²) < 4.78 is 5.60. The highest BCUT2D eigenvalue weighted by molar-refractivity contribution is 5.35. The second-order valence-electron chi connectivity index (χ2n) is 5.42. The second kappa shape index (κ2) is 5.39. The predicted octanol–water partition coefficient (Wildman–Crippen LogP) is 1.33. The molecule has 1 heterocycles. The highest BCUT2D eigenvalue weighted by atomic mass is 16.5. The van der Waals surface area contributed by atoms with E-state index in [2.05, 4.69) is 23.1 Å². The minimum Gasteiger partial charge on any atom is -0.374 e. The van der Waals surface area contributed by atoms with Crippen LogP contribution in [0.1, 0.15) is 23.1 Å². The molecule has 0 radical (unpaired) electrons. The topological polar surface area (TPSA) is 38.5 Å². The Morgan fingerprint density at radius 2 is 2.17 bits per heavy atom. The Balaban J connectivity index is 1.65. The summed E-state index contributed by atoms with van der Waals surface area (Å²) in [6.07, 6.45) is 4.07. The molecular formula is C15H22N2O. The standard InChI is InChI=1S/C15H22N2O/c16-9-15-11-17(6-7-18-15)10-12-4-5-13-2-1-3-14(13)8-12/h4-5,8,15H,1-3,6-7,9-11,16H2. The van der Waals surface area contributed by atoms with Gasteiger partial charge in [-0.25, -0.2) is 0 Å². The molecule has 0 amide bonds. The molecule has 0 aromatic heterocycles. The van der Waals surface area contributed by atoms with Crippen LogP contribution in [0.25, 0.3) is 0 Å². The van der Waals surface area contributed by atoms with Gasteiger partial charge in [0.1, 0.15) is 0 Å². The van der Waals surface area contributed by atoms with Gasteiger partial charge < -0.3 is 10.5 Å². The minimum absolute atomic E-state index is 0.216. The SMILES string of the molecule is NCC1CN(Cc2ccc3c(c2)CCC3)CCO1. The lowest BCUT2D eigenvalue weighted by Crippen LogP contribution is -2.45. The zero-order valence-electron chi connectivity index (χ0n) is 10.9. The molecule has 18 heavy (non-hydrogen) atoms. The van der Waals surface area contributed by atoms with Crippen LogP contribution in [0, 0.1) is 0 Å². The number of fused-ring (bicyclic) bond motifs is 1. The average Bonchev–Trinajstić information content (AvgIpc) is 2.86. The van der Waals surface area contributed by atoms with Crippen molar-refractivity contribution in [1.29, 1.82) is 0 Å². The third-order valence-corrected chi connectivity index (χ3v) is 4.05. The second-order valence-corrected chi connectivity index (χ2v) is 5.42. The van der Waals surface area contributed by atoms with E-state index in [9.17, 15) is 0 Å². The van der Waals surface area contributed by atoms with Gasteiger partial charge in [-0.3, -0.25) is 4.90 Å². The maximum Gasteiger partial charge on any atom is 0.0824 e. The van der Waals surface area contributed by atoms with E-state index >= 15 is 0 Å². The highest BCUT2D eigenvalue weighted by Gasteiger charge is 2.19. The number of nitrogens with two attached hydrogens (primary N) is 1. The number of ether oxygens (including phenoxy) is 1. The van der Waals surface area contributed by atoms with Gasteiger partial charge in [0.25, 0.3) is 0 Å². The van der Waals surface area contributed by atoms with Gasteiger partial charge in [-0.05, 0) is 36.0 Å². The van der Waals surface area contributed by atoms with Crippen molar-refractivity contribution in [3.8, 4) is 0 Å². The molecule has 1 aliphatic heterocycles. The van der Waals surface area contributed by atoms with Crippen LogP contribution in [0.2, 0.25) is 0 Å². The summed E-state index contributed by atoms with van der Waals surface area (Å²) in [6.45, 7) is 4.46. The number of aryl methyl sites for hydroxylation is 2. The number of benzene rings is 1. The Bertz CT molecular complexity index is 419. The van der Waals surface area contributed by atoms with Crippen molar-refractivity contribution in [3.63, 3.8) is 0 Å². The van der Waals surface area contributed by atoms with E-state index in [-0.39, 0.29) is 6.10 Å². The Labute approximate surface area is 109 Å². The Morgan fingerprint density at radius 1 is 1.28 bits per heavy atom. The van der Waals surface area contributed by atoms with Crippen LogP contribution in [0.4, 0.5) is 0 Å². The molecule has 1 atom stereocenters. The van der Waals surface area contributed by atoms with E-state index < -0.39 is 0 Å². The molecule has 1 saturated heterocycles. The number of hydrogen-bond donors (Lipinski definition) is 1. The van der Waals surface area contributed by atoms with Crippen molar-refractivity contribution in [2.45, 2.75) is 31.9 Å². The van der Waals surface area contributed by atoms with Gasteiger partial charge in [0, 0.05) is 26.2 Å². The normalized spacial score (nSPS) is 24.2. The summed E-state index contributed by atoms with van der Waals surface area (Å²) in [5, 5.41) is 0. The van der Waals surface area contributed by atoms with Crippen molar-refractivity contribution in [2.24, 2.45) is 5.73 Å². The number of nitrogens with zero attached hydrogens (tertiary/aromatic N) is 1. The lowest BCUT2D eigenvalue weighted by molar-refractivity contribution is -0.0260. The first-order valence-electron chi connectivity index (χ1n) is 7.00. The van der Waals surface area contributed by atoms with E-state index in [1.54, 1.807) is 11.1 Å². The molecule has 3 nitrogen and oxygen atoms in total. The summed E-state index contributed by atoms with van der Waals surface area (Å²) in [4.78, 5) is 2.46. The first-order chi connectivity index (χ1) is 8.85. The molecule has 98 valence electrons. The molecule has 1 unspecified atom stereocenters. The summed E-state index contributed by atoms with van der Waals surface area (Å²) in [6, 6.07) is 7.00. The van der Waals surface area contributed by atoms with Crippen LogP contribution in [0.3, 0.4) is 0 Å². The van der Waals surface area contributed by atoms with Gasteiger partial charge in [0.2, 0.25) is 0 Å². The third-order valence-electron chi connectivity index (χ3n) is 4.05. The van der Waals surface area contributed by atoms with E-state index in [4.69, 9.17) is 10.5 Å². The highest BCUT2D eigenvalue weighted by Crippen LogP contribution is 2.23. The van der Waals surface area contributed by atoms with Crippen LogP contribution in [0.5, 0.6) is 0 Å². The van der Waals surface area contributed by atoms with Gasteiger partial charge in [-0.15, -0.1) is 0 Å². The Morgan fingerprint density at radius 3 is 3.06 bits per heavy atom. The van der Waals surface area contributed by atoms with Gasteiger partial charge in [0.15, 0.2) is 0 Å². The maximum atomic E-state index is 5.68. The van der Waals surface area contributed by atoms with Crippen molar-refractivity contribution in [3.05, 3.63) is 34.9 Å². The van der Waals surface area contributed by atoms with Crippen LogP contribution in [-0.4, -0.2) is 37.2 Å². The lowest BCUT2D eigenvalue weighted by atomic mass is 10.1. The molecule has 1 aromatic rings. The molecule has 1 fully saturated rings. The molecule has 2 aliphatic rings. The summed E-state index contributed by atoms with van der Waals surface area (Å²) in [7, 11) is 0. The van der Waals surface area contributed by atoms with Crippen molar-refractivity contribution in [1.82, 2.24) is 4.90 Å². The quantitative estimate of drug-likeness (QED) is 0.874. The zero-order valence-corrected chi connectivity index (χ0v) is 10.9. The van der Waals surface area contributed by atoms with Crippen LogP contribution >= 0.6 is 0 Å². The molecule has 0 bridgehead atoms. The molecular weight excluding hydrogens is 224 g/mol. The van der Waals surface area contributed by atoms with Crippen molar-refractivity contribution >= 4 is 0 Å². The summed E-state index contributed by atoms with van der Waals surface area (Å²) in [5.41, 5.74) is 10.2. The molecule has 0 spiro atoms. The largest absolute Gasteiger partial charge is 0.374 e. The third kappa shape index (κ3) is 2.58. The van der Waals surface area contributed by atoms with Crippen LogP contribution < -0.4 is 5.73 Å². The van der Waals surface area contributed by atoms with E-state index in [1.807, 2.05) is 0 Å². The molecule has 0 saturated carbocycles. The average molecular weight is 246 g/mol. The monoisotopic (exact) mass is 246 g/mol. The lowest BCUT2D eigenvalue weighted by Gasteiger charge is -2.32. The summed E-state index contributed by atoms with van der Waals surface area (Å²) in [5.74, 6) is 0. The number of rotatable bonds is 3. The first-order valence-corrected chi connectivity index (χ1v) is 7.00. The van der Waals surface area contributed by atoms with E-state index in [0.29, 0.717) is 6.54 Å². The van der Waals surface area contributed by atoms with E-state index in [0.717, 1.165) is 26.2 Å². The van der Waals surface area contributed by atoms with Crippen molar-refractivity contribution < 1.29 is 4.74 Å². The van der Waals surface area contributed by atoms with Gasteiger partial charge in [-0.2, -0.15) is 0 Å².